The molecule has 0 bridgehead atoms. The van der Waals surface area contributed by atoms with E-state index < -0.39 is 0 Å². The lowest BCUT2D eigenvalue weighted by atomic mass is 9.97. The number of halogens is 1. The van der Waals surface area contributed by atoms with Crippen molar-refractivity contribution in [1.82, 2.24) is 9.78 Å². The third-order valence-electron chi connectivity index (χ3n) is 3.15. The molecule has 0 aliphatic carbocycles. The fraction of sp³-hybridized carbons (Fsp3) is 0.357. The van der Waals surface area contributed by atoms with Crippen molar-refractivity contribution in [3.05, 3.63) is 35.1 Å². The second-order valence-electron chi connectivity index (χ2n) is 4.86. The Hall–Kier alpha value is -1.84. The minimum absolute atomic E-state index is 0.202. The van der Waals surface area contributed by atoms with Gasteiger partial charge in [0.2, 0.25) is 0 Å². The first-order valence-electron chi connectivity index (χ1n) is 6.01. The van der Waals surface area contributed by atoms with Gasteiger partial charge in [-0.25, -0.2) is 4.39 Å². The molecule has 2 aromatic rings. The van der Waals surface area contributed by atoms with Crippen LogP contribution in [0.3, 0.4) is 0 Å². The Balaban J connectivity index is 2.71. The van der Waals surface area contributed by atoms with Gasteiger partial charge in [0.1, 0.15) is 17.3 Å². The molecule has 0 saturated heterocycles. The molecule has 0 aliphatic rings. The Morgan fingerprint density at radius 3 is 2.61 bits per heavy atom. The Morgan fingerprint density at radius 1 is 1.33 bits per heavy atom. The van der Waals surface area contributed by atoms with Gasteiger partial charge < -0.3 is 5.73 Å². The Bertz CT molecular complexity index is 585. The number of rotatable bonds is 2. The second-order valence-corrected chi connectivity index (χ2v) is 4.86. The predicted molar refractivity (Wildman–Crippen MR) is 71.8 cm³/mol. The molecule has 1 aromatic carbocycles. The Labute approximate surface area is 106 Å². The van der Waals surface area contributed by atoms with Gasteiger partial charge in [0, 0.05) is 18.2 Å². The zero-order chi connectivity index (χ0) is 13.4. The summed E-state index contributed by atoms with van der Waals surface area (Å²) in [6, 6.07) is 5.33. The summed E-state index contributed by atoms with van der Waals surface area (Å²) in [5.74, 6) is 0.576. The van der Waals surface area contributed by atoms with Crippen LogP contribution in [0.1, 0.15) is 30.9 Å². The van der Waals surface area contributed by atoms with Gasteiger partial charge in [0.15, 0.2) is 0 Å². The smallest absolute Gasteiger partial charge is 0.135 e. The highest BCUT2D eigenvalue weighted by atomic mass is 19.1. The van der Waals surface area contributed by atoms with Crippen molar-refractivity contribution in [3.8, 4) is 11.3 Å². The van der Waals surface area contributed by atoms with Gasteiger partial charge in [-0.2, -0.15) is 5.10 Å². The van der Waals surface area contributed by atoms with Crippen LogP contribution < -0.4 is 5.73 Å². The minimum atomic E-state index is -0.225. The monoisotopic (exact) mass is 247 g/mol. The van der Waals surface area contributed by atoms with Crippen molar-refractivity contribution in [2.45, 2.75) is 26.7 Å². The molecule has 0 atom stereocenters. The Morgan fingerprint density at radius 2 is 2.00 bits per heavy atom. The van der Waals surface area contributed by atoms with Gasteiger partial charge in [-0.15, -0.1) is 0 Å². The number of benzene rings is 1. The number of nitrogens with two attached hydrogens (primary N) is 1. The summed E-state index contributed by atoms with van der Waals surface area (Å²) in [4.78, 5) is 0. The van der Waals surface area contributed by atoms with Gasteiger partial charge in [0.25, 0.3) is 0 Å². The van der Waals surface area contributed by atoms with Crippen molar-refractivity contribution < 1.29 is 4.39 Å². The molecule has 0 aliphatic heterocycles. The van der Waals surface area contributed by atoms with Gasteiger partial charge in [0.05, 0.1) is 0 Å². The summed E-state index contributed by atoms with van der Waals surface area (Å²) >= 11 is 0. The molecule has 1 aromatic heterocycles. The highest BCUT2D eigenvalue weighted by molar-refractivity contribution is 5.70. The molecule has 0 spiro atoms. The lowest BCUT2D eigenvalue weighted by Crippen LogP contribution is -2.00. The molecular weight excluding hydrogens is 229 g/mol. The largest absolute Gasteiger partial charge is 0.384 e. The van der Waals surface area contributed by atoms with Crippen molar-refractivity contribution in [2.75, 3.05) is 5.73 Å². The lowest BCUT2D eigenvalue weighted by Gasteiger charge is -2.08. The first-order valence-corrected chi connectivity index (χ1v) is 6.01. The fourth-order valence-electron chi connectivity index (χ4n) is 2.15. The topological polar surface area (TPSA) is 43.8 Å². The molecule has 2 rings (SSSR count). The van der Waals surface area contributed by atoms with E-state index in [1.54, 1.807) is 30.8 Å². The maximum absolute atomic E-state index is 14.2. The number of hydrogen-bond donors (Lipinski definition) is 1. The van der Waals surface area contributed by atoms with Crippen molar-refractivity contribution >= 4 is 5.82 Å². The summed E-state index contributed by atoms with van der Waals surface area (Å²) in [5, 5.41) is 4.36. The highest BCUT2D eigenvalue weighted by Gasteiger charge is 2.20. The van der Waals surface area contributed by atoms with Crippen LogP contribution >= 0.6 is 0 Å². The number of hydrogen-bond acceptors (Lipinski definition) is 2. The number of aromatic nitrogens is 2. The number of nitrogens with zero attached hydrogens (tertiary/aromatic N) is 2. The average molecular weight is 247 g/mol. The maximum Gasteiger partial charge on any atom is 0.135 e. The second kappa shape index (κ2) is 4.44. The van der Waals surface area contributed by atoms with E-state index >= 15 is 0 Å². The molecule has 0 saturated carbocycles. The van der Waals surface area contributed by atoms with Crippen LogP contribution in [0, 0.1) is 12.7 Å². The third-order valence-corrected chi connectivity index (χ3v) is 3.15. The first kappa shape index (κ1) is 12.6. The molecule has 4 heteroatoms. The minimum Gasteiger partial charge on any atom is -0.384 e. The maximum atomic E-state index is 14.2. The van der Waals surface area contributed by atoms with Crippen LogP contribution in [0.25, 0.3) is 11.3 Å². The molecule has 0 fully saturated rings. The Kier molecular flexibility index (Phi) is 3.11. The van der Waals surface area contributed by atoms with E-state index in [4.69, 9.17) is 5.73 Å². The zero-order valence-corrected chi connectivity index (χ0v) is 11.2. The highest BCUT2D eigenvalue weighted by Crippen LogP contribution is 2.34. The van der Waals surface area contributed by atoms with E-state index in [-0.39, 0.29) is 11.7 Å². The summed E-state index contributed by atoms with van der Waals surface area (Å²) in [7, 11) is 1.78. The van der Waals surface area contributed by atoms with Gasteiger partial charge in [-0.1, -0.05) is 26.0 Å². The molecule has 2 N–H and O–H groups in total. The van der Waals surface area contributed by atoms with E-state index in [0.717, 1.165) is 5.56 Å². The average Bonchev–Trinajstić information content (AvgIpc) is 2.59. The van der Waals surface area contributed by atoms with E-state index in [2.05, 4.69) is 5.10 Å². The van der Waals surface area contributed by atoms with Crippen LogP contribution in [-0.4, -0.2) is 9.78 Å². The molecule has 96 valence electrons. The summed E-state index contributed by atoms with van der Waals surface area (Å²) in [6.07, 6.45) is 0. The van der Waals surface area contributed by atoms with E-state index in [1.165, 1.54) is 0 Å². The summed E-state index contributed by atoms with van der Waals surface area (Å²) in [6.45, 7) is 5.81. The number of aryl methyl sites for hydroxylation is 2. The van der Waals surface area contributed by atoms with Gasteiger partial charge >= 0.3 is 0 Å². The molecule has 0 radical (unpaired) electrons. The molecule has 0 amide bonds. The number of nitrogen functional groups attached to an aromatic ring is 1. The molecule has 3 nitrogen and oxygen atoms in total. The molecular formula is C14H18FN3. The summed E-state index contributed by atoms with van der Waals surface area (Å²) in [5.41, 5.74) is 8.69. The van der Waals surface area contributed by atoms with Crippen LogP contribution in [0.4, 0.5) is 10.2 Å². The first-order chi connectivity index (χ1) is 8.43. The molecule has 0 unspecified atom stereocenters. The quantitative estimate of drug-likeness (QED) is 0.885. The van der Waals surface area contributed by atoms with Crippen molar-refractivity contribution in [3.63, 3.8) is 0 Å². The van der Waals surface area contributed by atoms with Crippen molar-refractivity contribution in [1.29, 1.82) is 0 Å². The van der Waals surface area contributed by atoms with Gasteiger partial charge in [-0.05, 0) is 24.5 Å². The predicted octanol–water partition coefficient (Wildman–Crippen LogP) is 3.24. The lowest BCUT2D eigenvalue weighted by molar-refractivity contribution is 0.620. The zero-order valence-electron chi connectivity index (χ0n) is 11.2. The molecule has 1 heterocycles. The third kappa shape index (κ3) is 1.88. The van der Waals surface area contributed by atoms with E-state index in [0.29, 0.717) is 22.6 Å². The van der Waals surface area contributed by atoms with E-state index in [9.17, 15) is 4.39 Å². The van der Waals surface area contributed by atoms with Crippen LogP contribution in [0.5, 0.6) is 0 Å². The number of anilines is 1. The fourth-order valence-corrected chi connectivity index (χ4v) is 2.15. The van der Waals surface area contributed by atoms with Gasteiger partial charge in [-0.3, -0.25) is 4.68 Å². The van der Waals surface area contributed by atoms with Crippen LogP contribution in [-0.2, 0) is 7.05 Å². The van der Waals surface area contributed by atoms with Crippen LogP contribution in [0.15, 0.2) is 18.2 Å². The summed E-state index contributed by atoms with van der Waals surface area (Å²) < 4.78 is 15.8. The normalized spacial score (nSPS) is 11.2. The SMILES string of the molecule is Cc1cccc(-c2nn(C)c(N)c2C(C)C)c1F. The standard InChI is InChI=1S/C14H18FN3/c1-8(2)11-13(17-18(4)14(11)16)10-7-5-6-9(3)12(10)15/h5-8H,16H2,1-4H3. The van der Waals surface area contributed by atoms with Crippen molar-refractivity contribution in [2.24, 2.45) is 7.05 Å². The van der Waals surface area contributed by atoms with E-state index in [1.807, 2.05) is 19.9 Å². The van der Waals surface area contributed by atoms with Crippen LogP contribution in [0.2, 0.25) is 0 Å². The molecule has 18 heavy (non-hydrogen) atoms.